The van der Waals surface area contributed by atoms with Crippen LogP contribution < -0.4 is 11.3 Å². The molecule has 0 radical (unpaired) electrons. The van der Waals surface area contributed by atoms with Gasteiger partial charge in [0.25, 0.3) is 0 Å². The van der Waals surface area contributed by atoms with Gasteiger partial charge in [0.15, 0.2) is 0 Å². The van der Waals surface area contributed by atoms with Crippen molar-refractivity contribution >= 4 is 0 Å². The molecule has 1 aliphatic heterocycles. The Hall–Kier alpha value is -0.900. The molecule has 0 bridgehead atoms. The Labute approximate surface area is 116 Å². The fraction of sp³-hybridized carbons (Fsp3) is 0.625. The van der Waals surface area contributed by atoms with Crippen LogP contribution in [0.4, 0.5) is 0 Å². The Bertz CT molecular complexity index is 400. The standard InChI is InChI=1S/C16H26N2O/c1-12-6-5-8-15(13(12)2)16(18-17)10-9-14-7-3-4-11-19-14/h5-6,8,14,16,18H,3-4,7,9-11,17H2,1-2H3. The Morgan fingerprint density at radius 3 is 2.89 bits per heavy atom. The number of nitrogens with one attached hydrogen (secondary N) is 1. The smallest absolute Gasteiger partial charge is 0.0575 e. The molecule has 19 heavy (non-hydrogen) atoms. The van der Waals surface area contributed by atoms with Gasteiger partial charge >= 0.3 is 0 Å². The molecule has 2 atom stereocenters. The van der Waals surface area contributed by atoms with E-state index in [0.29, 0.717) is 6.10 Å². The van der Waals surface area contributed by atoms with Crippen LogP contribution in [0, 0.1) is 13.8 Å². The highest BCUT2D eigenvalue weighted by Gasteiger charge is 2.18. The molecule has 1 saturated heterocycles. The second kappa shape index (κ2) is 7.04. The van der Waals surface area contributed by atoms with E-state index in [-0.39, 0.29) is 6.04 Å². The summed E-state index contributed by atoms with van der Waals surface area (Å²) in [6.45, 7) is 5.25. The fourth-order valence-corrected chi connectivity index (χ4v) is 2.87. The first kappa shape index (κ1) is 14.5. The normalized spacial score (nSPS) is 21.3. The van der Waals surface area contributed by atoms with Gasteiger partial charge in [0, 0.05) is 12.6 Å². The Morgan fingerprint density at radius 1 is 1.37 bits per heavy atom. The minimum absolute atomic E-state index is 0.227. The van der Waals surface area contributed by atoms with Gasteiger partial charge in [-0.15, -0.1) is 0 Å². The van der Waals surface area contributed by atoms with Crippen LogP contribution in [0.1, 0.15) is 54.8 Å². The summed E-state index contributed by atoms with van der Waals surface area (Å²) >= 11 is 0. The van der Waals surface area contributed by atoms with E-state index in [4.69, 9.17) is 10.6 Å². The summed E-state index contributed by atoms with van der Waals surface area (Å²) in [7, 11) is 0. The van der Waals surface area contributed by atoms with Crippen LogP contribution >= 0.6 is 0 Å². The maximum Gasteiger partial charge on any atom is 0.0575 e. The summed E-state index contributed by atoms with van der Waals surface area (Å²) < 4.78 is 5.79. The molecule has 3 nitrogen and oxygen atoms in total. The van der Waals surface area contributed by atoms with Crippen LogP contribution in [-0.4, -0.2) is 12.7 Å². The van der Waals surface area contributed by atoms with Crippen LogP contribution in [0.25, 0.3) is 0 Å². The van der Waals surface area contributed by atoms with E-state index >= 15 is 0 Å². The maximum absolute atomic E-state index is 5.79. The Morgan fingerprint density at radius 2 is 2.21 bits per heavy atom. The van der Waals surface area contributed by atoms with Crippen molar-refractivity contribution < 1.29 is 4.74 Å². The minimum Gasteiger partial charge on any atom is -0.378 e. The molecule has 1 aliphatic rings. The van der Waals surface area contributed by atoms with Gasteiger partial charge < -0.3 is 4.74 Å². The van der Waals surface area contributed by atoms with Gasteiger partial charge in [-0.1, -0.05) is 18.2 Å². The summed E-state index contributed by atoms with van der Waals surface area (Å²) in [6.07, 6.45) is 6.26. The molecule has 1 fully saturated rings. The summed E-state index contributed by atoms with van der Waals surface area (Å²) in [4.78, 5) is 0. The number of hydrogen-bond acceptors (Lipinski definition) is 3. The van der Waals surface area contributed by atoms with Gasteiger partial charge in [-0.25, -0.2) is 0 Å². The molecule has 1 aromatic rings. The molecule has 0 aromatic heterocycles. The van der Waals surface area contributed by atoms with Crippen LogP contribution in [-0.2, 0) is 4.74 Å². The molecule has 0 saturated carbocycles. The number of hydrogen-bond donors (Lipinski definition) is 2. The van der Waals surface area contributed by atoms with Crippen LogP contribution in [0.15, 0.2) is 18.2 Å². The van der Waals surface area contributed by atoms with Crippen LogP contribution in [0.2, 0.25) is 0 Å². The lowest BCUT2D eigenvalue weighted by molar-refractivity contribution is 0.00853. The van der Waals surface area contributed by atoms with Crippen LogP contribution in [0.5, 0.6) is 0 Å². The molecule has 0 amide bonds. The van der Waals surface area contributed by atoms with E-state index in [0.717, 1.165) is 19.4 Å². The molecule has 106 valence electrons. The van der Waals surface area contributed by atoms with Crippen molar-refractivity contribution in [3.8, 4) is 0 Å². The van der Waals surface area contributed by atoms with Gasteiger partial charge in [0.2, 0.25) is 0 Å². The first-order valence-electron chi connectivity index (χ1n) is 7.36. The molecular formula is C16H26N2O. The van der Waals surface area contributed by atoms with E-state index in [2.05, 4.69) is 37.5 Å². The molecular weight excluding hydrogens is 236 g/mol. The lowest BCUT2D eigenvalue weighted by Gasteiger charge is -2.25. The molecule has 1 aromatic carbocycles. The summed E-state index contributed by atoms with van der Waals surface area (Å²) in [5.74, 6) is 5.75. The highest BCUT2D eigenvalue weighted by molar-refractivity contribution is 5.35. The van der Waals surface area contributed by atoms with Crippen molar-refractivity contribution in [2.24, 2.45) is 5.84 Å². The predicted molar refractivity (Wildman–Crippen MR) is 78.8 cm³/mol. The van der Waals surface area contributed by atoms with Crippen molar-refractivity contribution in [1.29, 1.82) is 0 Å². The number of hydrazine groups is 1. The molecule has 0 spiro atoms. The van der Waals surface area contributed by atoms with Gasteiger partial charge in [-0.3, -0.25) is 11.3 Å². The number of nitrogens with two attached hydrogens (primary N) is 1. The summed E-state index contributed by atoms with van der Waals surface area (Å²) in [5, 5.41) is 0. The third-order valence-corrected chi connectivity index (χ3v) is 4.27. The molecule has 2 unspecified atom stereocenters. The van der Waals surface area contributed by atoms with E-state index in [1.807, 2.05) is 0 Å². The third kappa shape index (κ3) is 3.78. The Kier molecular flexibility index (Phi) is 5.37. The average molecular weight is 262 g/mol. The zero-order chi connectivity index (χ0) is 13.7. The van der Waals surface area contributed by atoms with E-state index < -0.39 is 0 Å². The first-order chi connectivity index (χ1) is 9.22. The van der Waals surface area contributed by atoms with Crippen molar-refractivity contribution in [2.45, 2.75) is 58.1 Å². The van der Waals surface area contributed by atoms with Crippen molar-refractivity contribution in [3.05, 3.63) is 34.9 Å². The quantitative estimate of drug-likeness (QED) is 0.633. The second-order valence-electron chi connectivity index (χ2n) is 5.57. The zero-order valence-electron chi connectivity index (χ0n) is 12.1. The third-order valence-electron chi connectivity index (χ3n) is 4.27. The molecule has 1 heterocycles. The molecule has 2 rings (SSSR count). The van der Waals surface area contributed by atoms with Crippen molar-refractivity contribution in [1.82, 2.24) is 5.43 Å². The average Bonchev–Trinajstić information content (AvgIpc) is 2.45. The van der Waals surface area contributed by atoms with Gasteiger partial charge in [0.1, 0.15) is 0 Å². The number of ether oxygens (including phenoxy) is 1. The summed E-state index contributed by atoms with van der Waals surface area (Å²) in [5.41, 5.74) is 6.96. The van der Waals surface area contributed by atoms with Crippen molar-refractivity contribution in [3.63, 3.8) is 0 Å². The fourth-order valence-electron chi connectivity index (χ4n) is 2.87. The molecule has 0 aliphatic carbocycles. The van der Waals surface area contributed by atoms with Crippen LogP contribution in [0.3, 0.4) is 0 Å². The maximum atomic E-state index is 5.79. The Balaban J connectivity index is 1.97. The lowest BCUT2D eigenvalue weighted by Crippen LogP contribution is -2.30. The second-order valence-corrected chi connectivity index (χ2v) is 5.57. The molecule has 3 N–H and O–H groups in total. The largest absolute Gasteiger partial charge is 0.378 e. The monoisotopic (exact) mass is 262 g/mol. The highest BCUT2D eigenvalue weighted by Crippen LogP contribution is 2.26. The van der Waals surface area contributed by atoms with E-state index in [9.17, 15) is 0 Å². The van der Waals surface area contributed by atoms with Gasteiger partial charge in [0.05, 0.1) is 6.10 Å². The van der Waals surface area contributed by atoms with E-state index in [1.54, 1.807) is 0 Å². The first-order valence-corrected chi connectivity index (χ1v) is 7.36. The minimum atomic E-state index is 0.227. The highest BCUT2D eigenvalue weighted by atomic mass is 16.5. The number of rotatable bonds is 5. The molecule has 3 heteroatoms. The van der Waals surface area contributed by atoms with Crippen molar-refractivity contribution in [2.75, 3.05) is 6.61 Å². The predicted octanol–water partition coefficient (Wildman–Crippen LogP) is 3.16. The lowest BCUT2D eigenvalue weighted by atomic mass is 9.93. The SMILES string of the molecule is Cc1cccc(C(CCC2CCCCO2)NN)c1C. The number of aryl methyl sites for hydroxylation is 1. The summed E-state index contributed by atoms with van der Waals surface area (Å²) in [6, 6.07) is 6.66. The van der Waals surface area contributed by atoms with Gasteiger partial charge in [-0.05, 0) is 62.6 Å². The number of benzene rings is 1. The van der Waals surface area contributed by atoms with Gasteiger partial charge in [-0.2, -0.15) is 0 Å². The van der Waals surface area contributed by atoms with E-state index in [1.165, 1.54) is 36.0 Å². The zero-order valence-corrected chi connectivity index (χ0v) is 12.1. The topological polar surface area (TPSA) is 47.3 Å².